The average molecular weight is 254 g/mol. The van der Waals surface area contributed by atoms with Gasteiger partial charge in [-0.1, -0.05) is 6.07 Å². The van der Waals surface area contributed by atoms with Gasteiger partial charge in [0, 0.05) is 24.4 Å². The molecule has 0 aromatic heterocycles. The van der Waals surface area contributed by atoms with Crippen LogP contribution in [0.3, 0.4) is 0 Å². The number of ether oxygens (including phenoxy) is 1. The molecule has 92 valence electrons. The number of carbonyl (C=O) groups excluding carboxylic acids is 1. The highest BCUT2D eigenvalue weighted by Gasteiger charge is 2.31. The Balaban J connectivity index is 2.32. The van der Waals surface area contributed by atoms with Crippen LogP contribution in [0.4, 0.5) is 5.69 Å². The molecule has 0 bridgehead atoms. The fourth-order valence-electron chi connectivity index (χ4n) is 2.23. The first-order chi connectivity index (χ1) is 8.17. The van der Waals surface area contributed by atoms with Crippen molar-refractivity contribution in [3.63, 3.8) is 0 Å². The van der Waals surface area contributed by atoms with Crippen molar-refractivity contribution >= 4 is 23.2 Å². The molecule has 1 aliphatic heterocycles. The van der Waals surface area contributed by atoms with Crippen LogP contribution in [0, 0.1) is 12.8 Å². The molecule has 1 aromatic rings. The van der Waals surface area contributed by atoms with Gasteiger partial charge in [0.25, 0.3) is 0 Å². The van der Waals surface area contributed by atoms with Crippen LogP contribution in [-0.2, 0) is 4.79 Å². The van der Waals surface area contributed by atoms with E-state index in [1.54, 1.807) is 7.11 Å². The SMILES string of the molecule is COc1cccc(N2CC(CCl)CC2=O)c1C. The molecule has 1 saturated heterocycles. The Morgan fingerprint density at radius 2 is 2.29 bits per heavy atom. The molecule has 17 heavy (non-hydrogen) atoms. The molecule has 1 aromatic carbocycles. The summed E-state index contributed by atoms with van der Waals surface area (Å²) in [5.74, 6) is 1.75. The minimum absolute atomic E-state index is 0.145. The fourth-order valence-corrected chi connectivity index (χ4v) is 2.44. The largest absolute Gasteiger partial charge is 0.496 e. The molecule has 0 aliphatic carbocycles. The maximum absolute atomic E-state index is 11.9. The summed E-state index contributed by atoms with van der Waals surface area (Å²) in [5, 5.41) is 0. The normalized spacial score (nSPS) is 19.8. The lowest BCUT2D eigenvalue weighted by molar-refractivity contribution is -0.117. The van der Waals surface area contributed by atoms with E-state index in [0.29, 0.717) is 18.8 Å². The molecule has 1 unspecified atom stereocenters. The van der Waals surface area contributed by atoms with E-state index in [4.69, 9.17) is 16.3 Å². The first kappa shape index (κ1) is 12.2. The molecule has 1 heterocycles. The van der Waals surface area contributed by atoms with Gasteiger partial charge in [-0.15, -0.1) is 11.6 Å². The number of rotatable bonds is 3. The van der Waals surface area contributed by atoms with Gasteiger partial charge in [0.15, 0.2) is 0 Å². The minimum atomic E-state index is 0.145. The summed E-state index contributed by atoms with van der Waals surface area (Å²) in [7, 11) is 1.64. The van der Waals surface area contributed by atoms with E-state index in [2.05, 4.69) is 0 Å². The van der Waals surface area contributed by atoms with Gasteiger partial charge in [-0.25, -0.2) is 0 Å². The zero-order chi connectivity index (χ0) is 12.4. The predicted octanol–water partition coefficient (Wildman–Crippen LogP) is 2.60. The van der Waals surface area contributed by atoms with Gasteiger partial charge in [0.05, 0.1) is 12.8 Å². The van der Waals surface area contributed by atoms with Crippen molar-refractivity contribution in [1.29, 1.82) is 0 Å². The highest BCUT2D eigenvalue weighted by atomic mass is 35.5. The third kappa shape index (κ3) is 2.25. The predicted molar refractivity (Wildman–Crippen MR) is 68.9 cm³/mol. The lowest BCUT2D eigenvalue weighted by atomic mass is 10.1. The second-order valence-corrected chi connectivity index (χ2v) is 4.64. The summed E-state index contributed by atoms with van der Waals surface area (Å²) in [6.07, 6.45) is 0.542. The third-order valence-electron chi connectivity index (χ3n) is 3.19. The van der Waals surface area contributed by atoms with Crippen molar-refractivity contribution in [2.75, 3.05) is 24.4 Å². The molecular weight excluding hydrogens is 238 g/mol. The van der Waals surface area contributed by atoms with Crippen molar-refractivity contribution in [2.24, 2.45) is 5.92 Å². The number of anilines is 1. The number of carbonyl (C=O) groups is 1. The van der Waals surface area contributed by atoms with Gasteiger partial charge in [-0.2, -0.15) is 0 Å². The second-order valence-electron chi connectivity index (χ2n) is 4.33. The molecule has 0 N–H and O–H groups in total. The van der Waals surface area contributed by atoms with Crippen LogP contribution >= 0.6 is 11.6 Å². The van der Waals surface area contributed by atoms with Crippen LogP contribution in [0.25, 0.3) is 0 Å². The van der Waals surface area contributed by atoms with Gasteiger partial charge in [-0.3, -0.25) is 4.79 Å². The monoisotopic (exact) mass is 253 g/mol. The van der Waals surface area contributed by atoms with Crippen molar-refractivity contribution in [1.82, 2.24) is 0 Å². The van der Waals surface area contributed by atoms with Crippen molar-refractivity contribution in [2.45, 2.75) is 13.3 Å². The maximum Gasteiger partial charge on any atom is 0.227 e. The summed E-state index contributed by atoms with van der Waals surface area (Å²) >= 11 is 5.82. The van der Waals surface area contributed by atoms with Crippen molar-refractivity contribution in [3.05, 3.63) is 23.8 Å². The lowest BCUT2D eigenvalue weighted by Gasteiger charge is -2.20. The van der Waals surface area contributed by atoms with Gasteiger partial charge in [-0.05, 0) is 25.0 Å². The molecule has 0 saturated carbocycles. The Labute approximate surface area is 106 Å². The highest BCUT2D eigenvalue weighted by Crippen LogP contribution is 2.32. The molecule has 1 atom stereocenters. The van der Waals surface area contributed by atoms with E-state index >= 15 is 0 Å². The van der Waals surface area contributed by atoms with Gasteiger partial charge in [0.1, 0.15) is 5.75 Å². The number of halogens is 1. The number of benzene rings is 1. The number of amides is 1. The Morgan fingerprint density at radius 1 is 1.53 bits per heavy atom. The Kier molecular flexibility index (Phi) is 3.57. The van der Waals surface area contributed by atoms with Crippen molar-refractivity contribution in [3.8, 4) is 5.75 Å². The fraction of sp³-hybridized carbons (Fsp3) is 0.462. The first-order valence-electron chi connectivity index (χ1n) is 5.67. The van der Waals surface area contributed by atoms with Crippen LogP contribution in [0.5, 0.6) is 5.75 Å². The molecule has 0 radical (unpaired) electrons. The van der Waals surface area contributed by atoms with Crippen LogP contribution in [0.15, 0.2) is 18.2 Å². The van der Waals surface area contributed by atoms with E-state index < -0.39 is 0 Å². The van der Waals surface area contributed by atoms with E-state index in [-0.39, 0.29) is 11.8 Å². The quantitative estimate of drug-likeness (QED) is 0.775. The molecule has 3 nitrogen and oxygen atoms in total. The summed E-state index contributed by atoms with van der Waals surface area (Å²) in [5.41, 5.74) is 1.93. The number of methoxy groups -OCH3 is 1. The topological polar surface area (TPSA) is 29.5 Å². The summed E-state index contributed by atoms with van der Waals surface area (Å²) in [6.45, 7) is 2.67. The van der Waals surface area contributed by atoms with E-state index in [9.17, 15) is 4.79 Å². The molecule has 0 spiro atoms. The first-order valence-corrected chi connectivity index (χ1v) is 6.20. The van der Waals surface area contributed by atoms with E-state index in [0.717, 1.165) is 17.0 Å². The maximum atomic E-state index is 11.9. The third-order valence-corrected chi connectivity index (χ3v) is 3.63. The van der Waals surface area contributed by atoms with Crippen LogP contribution in [-0.4, -0.2) is 25.4 Å². The molecule has 1 amide bonds. The molecule has 2 rings (SSSR count). The van der Waals surface area contributed by atoms with Crippen LogP contribution in [0.1, 0.15) is 12.0 Å². The number of hydrogen-bond donors (Lipinski definition) is 0. The summed E-state index contributed by atoms with van der Waals surface area (Å²) in [4.78, 5) is 13.7. The summed E-state index contributed by atoms with van der Waals surface area (Å²) < 4.78 is 5.27. The highest BCUT2D eigenvalue weighted by molar-refractivity contribution is 6.18. The Morgan fingerprint density at radius 3 is 2.88 bits per heavy atom. The Hall–Kier alpha value is -1.22. The number of nitrogens with zero attached hydrogens (tertiary/aromatic N) is 1. The average Bonchev–Trinajstić information content (AvgIpc) is 2.71. The molecule has 4 heteroatoms. The van der Waals surface area contributed by atoms with Crippen LogP contribution < -0.4 is 9.64 Å². The number of hydrogen-bond acceptors (Lipinski definition) is 2. The standard InChI is InChI=1S/C13H16ClNO2/c1-9-11(4-3-5-12(9)17-2)15-8-10(7-14)6-13(15)16/h3-5,10H,6-8H2,1-2H3. The molecular formula is C13H16ClNO2. The van der Waals surface area contributed by atoms with Gasteiger partial charge >= 0.3 is 0 Å². The van der Waals surface area contributed by atoms with E-state index in [1.165, 1.54) is 0 Å². The lowest BCUT2D eigenvalue weighted by Crippen LogP contribution is -2.25. The van der Waals surface area contributed by atoms with Crippen LogP contribution in [0.2, 0.25) is 0 Å². The summed E-state index contributed by atoms with van der Waals surface area (Å²) in [6, 6.07) is 5.76. The number of alkyl halides is 1. The van der Waals surface area contributed by atoms with Gasteiger partial charge in [0.2, 0.25) is 5.91 Å². The Bertz CT molecular complexity index is 433. The zero-order valence-electron chi connectivity index (χ0n) is 10.1. The molecule has 1 fully saturated rings. The second kappa shape index (κ2) is 4.96. The molecule has 1 aliphatic rings. The smallest absolute Gasteiger partial charge is 0.227 e. The van der Waals surface area contributed by atoms with Gasteiger partial charge < -0.3 is 9.64 Å². The minimum Gasteiger partial charge on any atom is -0.496 e. The zero-order valence-corrected chi connectivity index (χ0v) is 10.8. The van der Waals surface area contributed by atoms with E-state index in [1.807, 2.05) is 30.0 Å². The van der Waals surface area contributed by atoms with Crippen molar-refractivity contribution < 1.29 is 9.53 Å².